The number of anilines is 1. The molecule has 1 saturated heterocycles. The van der Waals surface area contributed by atoms with E-state index in [1.807, 2.05) is 27.0 Å². The molecule has 0 saturated carbocycles. The van der Waals surface area contributed by atoms with Gasteiger partial charge in [-0.05, 0) is 27.3 Å². The standard InChI is InChI=1S/C13H22N4O/c1-10(2)18-8-12-6-13(16-9-15-12)17-5-4-11(7-17)14-3/h6,9-11,14H,4-5,7-8H2,1-3H3/t11-/m1/s1. The number of ether oxygens (including phenoxy) is 1. The van der Waals surface area contributed by atoms with Crippen LogP contribution in [-0.2, 0) is 11.3 Å². The smallest absolute Gasteiger partial charge is 0.132 e. The van der Waals surface area contributed by atoms with Crippen LogP contribution < -0.4 is 10.2 Å². The summed E-state index contributed by atoms with van der Waals surface area (Å²) >= 11 is 0. The lowest BCUT2D eigenvalue weighted by Crippen LogP contribution is -2.29. The first-order valence-electron chi connectivity index (χ1n) is 6.53. The zero-order chi connectivity index (χ0) is 13.0. The zero-order valence-electron chi connectivity index (χ0n) is 11.4. The molecule has 18 heavy (non-hydrogen) atoms. The molecular weight excluding hydrogens is 228 g/mol. The van der Waals surface area contributed by atoms with Gasteiger partial charge in [0.15, 0.2) is 0 Å². The molecule has 1 aromatic rings. The van der Waals surface area contributed by atoms with Crippen molar-refractivity contribution in [2.45, 2.75) is 39.0 Å². The first kappa shape index (κ1) is 13.2. The van der Waals surface area contributed by atoms with Crippen LogP contribution >= 0.6 is 0 Å². The molecule has 1 N–H and O–H groups in total. The number of hydrogen-bond acceptors (Lipinski definition) is 5. The van der Waals surface area contributed by atoms with Crippen molar-refractivity contribution in [2.24, 2.45) is 0 Å². The van der Waals surface area contributed by atoms with E-state index in [4.69, 9.17) is 4.74 Å². The first-order chi connectivity index (χ1) is 8.69. The molecule has 2 rings (SSSR count). The molecule has 1 aliphatic heterocycles. The minimum absolute atomic E-state index is 0.226. The lowest BCUT2D eigenvalue weighted by Gasteiger charge is -2.17. The fourth-order valence-corrected chi connectivity index (χ4v) is 2.09. The molecule has 5 heteroatoms. The van der Waals surface area contributed by atoms with Crippen LogP contribution in [0, 0.1) is 0 Å². The highest BCUT2D eigenvalue weighted by Crippen LogP contribution is 2.18. The third-order valence-corrected chi connectivity index (χ3v) is 3.19. The van der Waals surface area contributed by atoms with Crippen molar-refractivity contribution in [3.05, 3.63) is 18.1 Å². The highest BCUT2D eigenvalue weighted by Gasteiger charge is 2.22. The number of hydrogen-bond donors (Lipinski definition) is 1. The molecule has 0 aliphatic carbocycles. The summed E-state index contributed by atoms with van der Waals surface area (Å²) in [5.41, 5.74) is 0.946. The Morgan fingerprint density at radius 2 is 2.33 bits per heavy atom. The number of nitrogens with one attached hydrogen (secondary N) is 1. The van der Waals surface area contributed by atoms with E-state index in [2.05, 4.69) is 20.2 Å². The van der Waals surface area contributed by atoms with Gasteiger partial charge in [-0.1, -0.05) is 0 Å². The SMILES string of the molecule is CN[C@@H]1CCN(c2cc(COC(C)C)ncn2)C1. The highest BCUT2D eigenvalue weighted by molar-refractivity contribution is 5.40. The second-order valence-corrected chi connectivity index (χ2v) is 4.95. The molecule has 5 nitrogen and oxygen atoms in total. The molecule has 1 atom stereocenters. The Labute approximate surface area is 109 Å². The Kier molecular flexibility index (Phi) is 4.49. The third kappa shape index (κ3) is 3.40. The second kappa shape index (κ2) is 6.11. The van der Waals surface area contributed by atoms with Gasteiger partial charge >= 0.3 is 0 Å². The number of nitrogens with zero attached hydrogens (tertiary/aromatic N) is 3. The molecule has 0 aromatic carbocycles. The highest BCUT2D eigenvalue weighted by atomic mass is 16.5. The van der Waals surface area contributed by atoms with Crippen molar-refractivity contribution < 1.29 is 4.74 Å². The molecule has 0 amide bonds. The zero-order valence-corrected chi connectivity index (χ0v) is 11.4. The summed E-state index contributed by atoms with van der Waals surface area (Å²) in [6, 6.07) is 2.59. The van der Waals surface area contributed by atoms with E-state index in [-0.39, 0.29) is 6.10 Å². The maximum absolute atomic E-state index is 5.57. The quantitative estimate of drug-likeness (QED) is 0.851. The Bertz CT molecular complexity index is 383. The largest absolute Gasteiger partial charge is 0.373 e. The Morgan fingerprint density at radius 1 is 1.50 bits per heavy atom. The van der Waals surface area contributed by atoms with Crippen molar-refractivity contribution in [3.63, 3.8) is 0 Å². The molecular formula is C13H22N4O. The molecule has 1 aliphatic rings. The first-order valence-corrected chi connectivity index (χ1v) is 6.53. The van der Waals surface area contributed by atoms with Gasteiger partial charge in [0.2, 0.25) is 0 Å². The number of aromatic nitrogens is 2. The predicted octanol–water partition coefficient (Wildman–Crippen LogP) is 1.20. The average Bonchev–Trinajstić information content (AvgIpc) is 2.85. The van der Waals surface area contributed by atoms with Crippen LogP contribution in [-0.4, -0.2) is 42.3 Å². The maximum Gasteiger partial charge on any atom is 0.132 e. The molecule has 0 bridgehead atoms. The summed E-state index contributed by atoms with van der Waals surface area (Å²) in [7, 11) is 2.01. The molecule has 0 unspecified atom stereocenters. The second-order valence-electron chi connectivity index (χ2n) is 4.95. The summed E-state index contributed by atoms with van der Waals surface area (Å²) < 4.78 is 5.57. The van der Waals surface area contributed by atoms with E-state index in [1.54, 1.807) is 6.33 Å². The van der Waals surface area contributed by atoms with Gasteiger partial charge in [-0.2, -0.15) is 0 Å². The van der Waals surface area contributed by atoms with Gasteiger partial charge in [0, 0.05) is 25.2 Å². The van der Waals surface area contributed by atoms with E-state index in [0.29, 0.717) is 12.6 Å². The molecule has 1 fully saturated rings. The van der Waals surface area contributed by atoms with Crippen molar-refractivity contribution >= 4 is 5.82 Å². The van der Waals surface area contributed by atoms with Gasteiger partial charge in [0.05, 0.1) is 18.4 Å². The maximum atomic E-state index is 5.57. The Morgan fingerprint density at radius 3 is 3.00 bits per heavy atom. The molecule has 0 radical (unpaired) electrons. The van der Waals surface area contributed by atoms with Gasteiger partial charge < -0.3 is 15.0 Å². The van der Waals surface area contributed by atoms with E-state index in [1.165, 1.54) is 6.42 Å². The van der Waals surface area contributed by atoms with E-state index in [0.717, 1.165) is 24.6 Å². The minimum Gasteiger partial charge on any atom is -0.373 e. The number of rotatable bonds is 5. The summed E-state index contributed by atoms with van der Waals surface area (Å²) in [6.45, 7) is 6.67. The van der Waals surface area contributed by atoms with Crippen LogP contribution in [0.1, 0.15) is 26.0 Å². The van der Waals surface area contributed by atoms with Gasteiger partial charge in [-0.15, -0.1) is 0 Å². The van der Waals surface area contributed by atoms with Crippen LogP contribution in [0.5, 0.6) is 0 Å². The topological polar surface area (TPSA) is 50.3 Å². The van der Waals surface area contributed by atoms with Gasteiger partial charge in [0.1, 0.15) is 12.1 Å². The van der Waals surface area contributed by atoms with Gasteiger partial charge in [-0.3, -0.25) is 0 Å². The van der Waals surface area contributed by atoms with Crippen molar-refractivity contribution in [2.75, 3.05) is 25.0 Å². The summed E-state index contributed by atoms with van der Waals surface area (Å²) in [4.78, 5) is 10.9. The van der Waals surface area contributed by atoms with E-state index < -0.39 is 0 Å². The van der Waals surface area contributed by atoms with Crippen LogP contribution in [0.4, 0.5) is 5.82 Å². The van der Waals surface area contributed by atoms with Crippen LogP contribution in [0.2, 0.25) is 0 Å². The lowest BCUT2D eigenvalue weighted by atomic mass is 10.3. The third-order valence-electron chi connectivity index (χ3n) is 3.19. The van der Waals surface area contributed by atoms with E-state index in [9.17, 15) is 0 Å². The molecule has 100 valence electrons. The van der Waals surface area contributed by atoms with Crippen LogP contribution in [0.15, 0.2) is 12.4 Å². The minimum atomic E-state index is 0.226. The van der Waals surface area contributed by atoms with Crippen molar-refractivity contribution in [3.8, 4) is 0 Å². The van der Waals surface area contributed by atoms with Crippen LogP contribution in [0.25, 0.3) is 0 Å². The van der Waals surface area contributed by atoms with Gasteiger partial charge in [0.25, 0.3) is 0 Å². The normalized spacial score (nSPS) is 19.8. The summed E-state index contributed by atoms with van der Waals surface area (Å²) in [6.07, 6.45) is 3.02. The van der Waals surface area contributed by atoms with Crippen molar-refractivity contribution in [1.29, 1.82) is 0 Å². The predicted molar refractivity (Wildman–Crippen MR) is 71.6 cm³/mol. The fourth-order valence-electron chi connectivity index (χ4n) is 2.09. The number of likely N-dealkylation sites (N-methyl/N-ethyl adjacent to an activating group) is 1. The lowest BCUT2D eigenvalue weighted by molar-refractivity contribution is 0.0635. The summed E-state index contributed by atoms with van der Waals surface area (Å²) in [5.74, 6) is 1.00. The Balaban J connectivity index is 1.99. The van der Waals surface area contributed by atoms with E-state index >= 15 is 0 Å². The van der Waals surface area contributed by atoms with Crippen LogP contribution in [0.3, 0.4) is 0 Å². The molecule has 2 heterocycles. The summed E-state index contributed by atoms with van der Waals surface area (Å²) in [5, 5.41) is 3.31. The monoisotopic (exact) mass is 250 g/mol. The van der Waals surface area contributed by atoms with Gasteiger partial charge in [-0.25, -0.2) is 9.97 Å². The fraction of sp³-hybridized carbons (Fsp3) is 0.692. The average molecular weight is 250 g/mol. The van der Waals surface area contributed by atoms with Crippen molar-refractivity contribution in [1.82, 2.24) is 15.3 Å². The molecule has 0 spiro atoms. The Hall–Kier alpha value is -1.20. The molecule has 1 aromatic heterocycles.